The second kappa shape index (κ2) is 6.53. The summed E-state index contributed by atoms with van der Waals surface area (Å²) in [5.74, 6) is 0.0364. The number of hydrogen-bond donors (Lipinski definition) is 1. The Kier molecular flexibility index (Phi) is 5.29. The molecule has 2 nitrogen and oxygen atoms in total. The quantitative estimate of drug-likeness (QED) is 0.781. The summed E-state index contributed by atoms with van der Waals surface area (Å²) in [6, 6.07) is 6.80. The summed E-state index contributed by atoms with van der Waals surface area (Å²) < 4.78 is 18.6. The van der Waals surface area contributed by atoms with Crippen molar-refractivity contribution in [2.45, 2.75) is 13.3 Å². The van der Waals surface area contributed by atoms with Crippen molar-refractivity contribution in [2.24, 2.45) is 11.7 Å². The molecule has 15 heavy (non-hydrogen) atoms. The van der Waals surface area contributed by atoms with E-state index < -0.39 is 0 Å². The molecule has 0 aliphatic rings. The zero-order chi connectivity index (χ0) is 11.1. The van der Waals surface area contributed by atoms with Gasteiger partial charge in [-0.25, -0.2) is 4.39 Å². The Labute approximate surface area is 90.2 Å². The molecular weight excluding hydrogens is 193 g/mol. The van der Waals surface area contributed by atoms with Gasteiger partial charge < -0.3 is 10.5 Å². The van der Waals surface area contributed by atoms with Gasteiger partial charge in [0.15, 0.2) is 0 Å². The average Bonchev–Trinajstić information content (AvgIpc) is 2.26. The van der Waals surface area contributed by atoms with Crippen LogP contribution in [-0.2, 0) is 11.2 Å². The summed E-state index contributed by atoms with van der Waals surface area (Å²) in [7, 11) is 0. The molecule has 0 amide bonds. The third-order valence-electron chi connectivity index (χ3n) is 2.36. The Morgan fingerprint density at radius 2 is 2.13 bits per heavy atom. The fraction of sp³-hybridized carbons (Fsp3) is 0.500. The summed E-state index contributed by atoms with van der Waals surface area (Å²) in [5.41, 5.74) is 6.32. The van der Waals surface area contributed by atoms with E-state index in [1.54, 1.807) is 12.1 Å². The lowest BCUT2D eigenvalue weighted by Crippen LogP contribution is -2.22. The van der Waals surface area contributed by atoms with E-state index in [0.29, 0.717) is 31.7 Å². The van der Waals surface area contributed by atoms with E-state index in [-0.39, 0.29) is 11.7 Å². The normalized spacial score (nSPS) is 12.7. The Morgan fingerprint density at radius 1 is 1.40 bits per heavy atom. The second-order valence-electron chi connectivity index (χ2n) is 3.56. The van der Waals surface area contributed by atoms with E-state index in [1.807, 2.05) is 13.0 Å². The highest BCUT2D eigenvalue weighted by Gasteiger charge is 2.10. The molecule has 0 bridgehead atoms. The van der Waals surface area contributed by atoms with Crippen LogP contribution in [0.3, 0.4) is 0 Å². The van der Waals surface area contributed by atoms with Crippen LogP contribution in [-0.4, -0.2) is 19.8 Å². The number of halogens is 1. The molecule has 0 aliphatic carbocycles. The molecule has 1 aromatic carbocycles. The van der Waals surface area contributed by atoms with Crippen molar-refractivity contribution in [3.05, 3.63) is 35.6 Å². The molecule has 0 spiro atoms. The summed E-state index contributed by atoms with van der Waals surface area (Å²) in [6.07, 6.45) is 0.642. The zero-order valence-corrected chi connectivity index (χ0v) is 9.08. The van der Waals surface area contributed by atoms with Gasteiger partial charge in [-0.1, -0.05) is 18.2 Å². The third kappa shape index (κ3) is 3.98. The molecule has 0 saturated carbocycles. The first-order valence-corrected chi connectivity index (χ1v) is 5.29. The van der Waals surface area contributed by atoms with Crippen LogP contribution in [0.25, 0.3) is 0 Å². The second-order valence-corrected chi connectivity index (χ2v) is 3.56. The lowest BCUT2D eigenvalue weighted by molar-refractivity contribution is 0.112. The smallest absolute Gasteiger partial charge is 0.126 e. The van der Waals surface area contributed by atoms with Gasteiger partial charge in [-0.05, 0) is 37.4 Å². The number of rotatable bonds is 6. The standard InChI is InChI=1S/C12H18FNO/c1-2-15-9-10(8-14)7-11-5-3-4-6-12(11)13/h3-6,10H,2,7-9,14H2,1H3. The van der Waals surface area contributed by atoms with Gasteiger partial charge in [0.05, 0.1) is 6.61 Å². The van der Waals surface area contributed by atoms with Gasteiger partial charge >= 0.3 is 0 Å². The maximum Gasteiger partial charge on any atom is 0.126 e. The van der Waals surface area contributed by atoms with E-state index >= 15 is 0 Å². The minimum Gasteiger partial charge on any atom is -0.381 e. The predicted octanol–water partition coefficient (Wildman–Crippen LogP) is 1.98. The molecule has 0 saturated heterocycles. The van der Waals surface area contributed by atoms with Gasteiger partial charge in [0.25, 0.3) is 0 Å². The van der Waals surface area contributed by atoms with Crippen molar-refractivity contribution in [3.63, 3.8) is 0 Å². The van der Waals surface area contributed by atoms with Crippen LogP contribution < -0.4 is 5.73 Å². The molecule has 1 unspecified atom stereocenters. The van der Waals surface area contributed by atoms with Crippen molar-refractivity contribution in [3.8, 4) is 0 Å². The highest BCUT2D eigenvalue weighted by Crippen LogP contribution is 2.12. The van der Waals surface area contributed by atoms with Gasteiger partial charge in [-0.2, -0.15) is 0 Å². The van der Waals surface area contributed by atoms with E-state index in [0.717, 1.165) is 0 Å². The first-order valence-electron chi connectivity index (χ1n) is 5.29. The van der Waals surface area contributed by atoms with Crippen LogP contribution in [0.4, 0.5) is 4.39 Å². The zero-order valence-electron chi connectivity index (χ0n) is 9.08. The van der Waals surface area contributed by atoms with Gasteiger partial charge in [0.2, 0.25) is 0 Å². The molecule has 1 rings (SSSR count). The van der Waals surface area contributed by atoms with Gasteiger partial charge in [0.1, 0.15) is 5.82 Å². The Morgan fingerprint density at radius 3 is 2.73 bits per heavy atom. The topological polar surface area (TPSA) is 35.2 Å². The Balaban J connectivity index is 2.54. The molecule has 1 aromatic rings. The van der Waals surface area contributed by atoms with Gasteiger partial charge in [-0.15, -0.1) is 0 Å². The van der Waals surface area contributed by atoms with Crippen LogP contribution in [0.15, 0.2) is 24.3 Å². The summed E-state index contributed by atoms with van der Waals surface area (Å²) >= 11 is 0. The Hall–Kier alpha value is -0.930. The molecule has 3 heteroatoms. The van der Waals surface area contributed by atoms with E-state index in [4.69, 9.17) is 10.5 Å². The Bertz CT molecular complexity index is 291. The number of hydrogen-bond acceptors (Lipinski definition) is 2. The van der Waals surface area contributed by atoms with Crippen molar-refractivity contribution in [1.29, 1.82) is 0 Å². The highest BCUT2D eigenvalue weighted by molar-refractivity contribution is 5.17. The summed E-state index contributed by atoms with van der Waals surface area (Å²) in [4.78, 5) is 0. The van der Waals surface area contributed by atoms with Crippen LogP contribution in [0.1, 0.15) is 12.5 Å². The lowest BCUT2D eigenvalue weighted by atomic mass is 10.00. The maximum absolute atomic E-state index is 13.3. The fourth-order valence-electron chi connectivity index (χ4n) is 1.47. The molecule has 2 N–H and O–H groups in total. The molecule has 0 aliphatic heterocycles. The number of ether oxygens (including phenoxy) is 1. The number of nitrogens with two attached hydrogens (primary N) is 1. The molecule has 0 heterocycles. The van der Waals surface area contributed by atoms with E-state index in [1.165, 1.54) is 6.07 Å². The van der Waals surface area contributed by atoms with Crippen LogP contribution in [0, 0.1) is 11.7 Å². The molecule has 84 valence electrons. The summed E-state index contributed by atoms with van der Waals surface area (Å²) in [5, 5.41) is 0. The highest BCUT2D eigenvalue weighted by atomic mass is 19.1. The molecule has 0 radical (unpaired) electrons. The minimum absolute atomic E-state index is 0.160. The van der Waals surface area contributed by atoms with Gasteiger partial charge in [0, 0.05) is 6.61 Å². The summed E-state index contributed by atoms with van der Waals surface area (Å²) in [6.45, 7) is 3.74. The van der Waals surface area contributed by atoms with Crippen LogP contribution in [0.5, 0.6) is 0 Å². The SMILES string of the molecule is CCOCC(CN)Cc1ccccc1F. The average molecular weight is 211 g/mol. The van der Waals surface area contributed by atoms with Crippen LogP contribution in [0.2, 0.25) is 0 Å². The lowest BCUT2D eigenvalue weighted by Gasteiger charge is -2.14. The molecular formula is C12H18FNO. The molecule has 0 fully saturated rings. The van der Waals surface area contributed by atoms with E-state index in [9.17, 15) is 4.39 Å². The van der Waals surface area contributed by atoms with Crippen molar-refractivity contribution >= 4 is 0 Å². The first-order chi connectivity index (χ1) is 7.27. The maximum atomic E-state index is 13.3. The largest absolute Gasteiger partial charge is 0.381 e. The van der Waals surface area contributed by atoms with Crippen molar-refractivity contribution < 1.29 is 9.13 Å². The molecule has 1 atom stereocenters. The van der Waals surface area contributed by atoms with Crippen molar-refractivity contribution in [2.75, 3.05) is 19.8 Å². The number of benzene rings is 1. The monoisotopic (exact) mass is 211 g/mol. The van der Waals surface area contributed by atoms with Crippen LogP contribution >= 0.6 is 0 Å². The predicted molar refractivity (Wildman–Crippen MR) is 59.1 cm³/mol. The van der Waals surface area contributed by atoms with Gasteiger partial charge in [-0.3, -0.25) is 0 Å². The first kappa shape index (κ1) is 12.1. The van der Waals surface area contributed by atoms with Crippen molar-refractivity contribution in [1.82, 2.24) is 0 Å². The fourth-order valence-corrected chi connectivity index (χ4v) is 1.47. The molecule has 0 aromatic heterocycles. The third-order valence-corrected chi connectivity index (χ3v) is 2.36. The van der Waals surface area contributed by atoms with E-state index in [2.05, 4.69) is 0 Å². The minimum atomic E-state index is -0.160.